The minimum Gasteiger partial charge on any atom is -0.483 e. The summed E-state index contributed by atoms with van der Waals surface area (Å²) in [6.45, 7) is 1.77. The third-order valence-electron chi connectivity index (χ3n) is 3.48. The summed E-state index contributed by atoms with van der Waals surface area (Å²) in [5, 5.41) is 15.1. The molecule has 0 bridgehead atoms. The van der Waals surface area contributed by atoms with Gasteiger partial charge in [-0.1, -0.05) is 0 Å². The standard InChI is InChI=1S/C14H15N3O3/c18-17(19)14-11-2-1-7-16-12(11)3-4-13(14)20-10-5-8-15-9-6-10/h1-4,7,10,15H,5-6,8-9H2. The summed E-state index contributed by atoms with van der Waals surface area (Å²) in [6.07, 6.45) is 3.38. The minimum atomic E-state index is -0.388. The second-order valence-corrected chi connectivity index (χ2v) is 4.81. The number of nitro benzene ring substituents is 1. The summed E-state index contributed by atoms with van der Waals surface area (Å²) >= 11 is 0. The number of pyridine rings is 1. The lowest BCUT2D eigenvalue weighted by Gasteiger charge is -2.23. The average Bonchev–Trinajstić information content (AvgIpc) is 2.47. The van der Waals surface area contributed by atoms with E-state index in [1.165, 1.54) is 0 Å². The van der Waals surface area contributed by atoms with Crippen LogP contribution in [0.4, 0.5) is 5.69 Å². The lowest BCUT2D eigenvalue weighted by molar-refractivity contribution is -0.384. The quantitative estimate of drug-likeness (QED) is 0.685. The second kappa shape index (κ2) is 5.42. The summed E-state index contributed by atoms with van der Waals surface area (Å²) < 4.78 is 5.85. The van der Waals surface area contributed by atoms with Crippen LogP contribution in [0.2, 0.25) is 0 Å². The van der Waals surface area contributed by atoms with Crippen LogP contribution in [-0.4, -0.2) is 29.1 Å². The van der Waals surface area contributed by atoms with E-state index in [0.29, 0.717) is 16.7 Å². The molecule has 1 N–H and O–H groups in total. The van der Waals surface area contributed by atoms with Gasteiger partial charge < -0.3 is 10.1 Å². The maximum atomic E-state index is 11.4. The van der Waals surface area contributed by atoms with Gasteiger partial charge in [0.15, 0.2) is 5.75 Å². The van der Waals surface area contributed by atoms with Gasteiger partial charge in [-0.05, 0) is 50.2 Å². The predicted octanol–water partition coefficient (Wildman–Crippen LogP) is 2.27. The zero-order valence-corrected chi connectivity index (χ0v) is 10.9. The number of ether oxygens (including phenoxy) is 1. The topological polar surface area (TPSA) is 77.3 Å². The Morgan fingerprint density at radius 2 is 2.10 bits per heavy atom. The van der Waals surface area contributed by atoms with Gasteiger partial charge in [0.2, 0.25) is 0 Å². The van der Waals surface area contributed by atoms with Crippen LogP contribution >= 0.6 is 0 Å². The third kappa shape index (κ3) is 2.42. The minimum absolute atomic E-state index is 0.00846. The lowest BCUT2D eigenvalue weighted by Crippen LogP contribution is -2.34. The molecule has 1 aliphatic rings. The first-order chi connectivity index (χ1) is 9.75. The molecule has 0 amide bonds. The summed E-state index contributed by atoms with van der Waals surface area (Å²) in [6, 6.07) is 6.81. The molecule has 104 valence electrons. The molecule has 0 aliphatic carbocycles. The van der Waals surface area contributed by atoms with Crippen molar-refractivity contribution in [1.82, 2.24) is 10.3 Å². The van der Waals surface area contributed by atoms with Gasteiger partial charge in [0.1, 0.15) is 6.10 Å². The van der Waals surface area contributed by atoms with Crippen LogP contribution in [-0.2, 0) is 0 Å². The smallest absolute Gasteiger partial charge is 0.320 e. The van der Waals surface area contributed by atoms with E-state index in [1.54, 1.807) is 30.5 Å². The van der Waals surface area contributed by atoms with E-state index < -0.39 is 0 Å². The van der Waals surface area contributed by atoms with E-state index in [1.807, 2.05) is 0 Å². The molecule has 1 saturated heterocycles. The van der Waals surface area contributed by atoms with Crippen molar-refractivity contribution in [1.29, 1.82) is 0 Å². The van der Waals surface area contributed by atoms with Crippen molar-refractivity contribution in [3.8, 4) is 5.75 Å². The Morgan fingerprint density at radius 1 is 1.30 bits per heavy atom. The molecule has 2 aromatic rings. The Morgan fingerprint density at radius 3 is 2.85 bits per heavy atom. The van der Waals surface area contributed by atoms with Crippen LogP contribution in [0, 0.1) is 10.1 Å². The Labute approximate surface area is 115 Å². The monoisotopic (exact) mass is 273 g/mol. The highest BCUT2D eigenvalue weighted by Crippen LogP contribution is 2.35. The summed E-state index contributed by atoms with van der Waals surface area (Å²) in [7, 11) is 0. The van der Waals surface area contributed by atoms with Crippen LogP contribution in [0.5, 0.6) is 5.75 Å². The highest BCUT2D eigenvalue weighted by molar-refractivity contribution is 5.90. The Balaban J connectivity index is 2.01. The molecule has 1 aliphatic heterocycles. The molecule has 6 heteroatoms. The molecule has 20 heavy (non-hydrogen) atoms. The van der Waals surface area contributed by atoms with Gasteiger partial charge in [-0.2, -0.15) is 0 Å². The normalized spacial score (nSPS) is 16.2. The Hall–Kier alpha value is -2.21. The highest BCUT2D eigenvalue weighted by atomic mass is 16.6. The number of nitrogens with zero attached hydrogens (tertiary/aromatic N) is 2. The van der Waals surface area contributed by atoms with Gasteiger partial charge in [0.05, 0.1) is 15.8 Å². The maximum Gasteiger partial charge on any atom is 0.320 e. The van der Waals surface area contributed by atoms with Crippen LogP contribution in [0.3, 0.4) is 0 Å². The van der Waals surface area contributed by atoms with Gasteiger partial charge in [-0.15, -0.1) is 0 Å². The van der Waals surface area contributed by atoms with Crippen LogP contribution in [0.15, 0.2) is 30.5 Å². The number of fused-ring (bicyclic) bond motifs is 1. The number of hydrogen-bond donors (Lipinski definition) is 1. The number of rotatable bonds is 3. The van der Waals surface area contributed by atoms with Gasteiger partial charge in [0.25, 0.3) is 0 Å². The maximum absolute atomic E-state index is 11.4. The summed E-state index contributed by atoms with van der Waals surface area (Å²) in [4.78, 5) is 15.1. The zero-order valence-electron chi connectivity index (χ0n) is 10.9. The van der Waals surface area contributed by atoms with Gasteiger partial charge >= 0.3 is 5.69 Å². The molecule has 0 radical (unpaired) electrons. The first-order valence-electron chi connectivity index (χ1n) is 6.65. The Bertz CT molecular complexity index is 639. The lowest BCUT2D eigenvalue weighted by atomic mass is 10.1. The molecule has 6 nitrogen and oxygen atoms in total. The molecular formula is C14H15N3O3. The number of nitrogens with one attached hydrogen (secondary N) is 1. The van der Waals surface area contributed by atoms with E-state index in [0.717, 1.165) is 25.9 Å². The zero-order chi connectivity index (χ0) is 13.9. The van der Waals surface area contributed by atoms with Crippen LogP contribution < -0.4 is 10.1 Å². The summed E-state index contributed by atoms with van der Waals surface area (Å²) in [5.74, 6) is 0.336. The first-order valence-corrected chi connectivity index (χ1v) is 6.65. The van der Waals surface area contributed by atoms with Crippen molar-refractivity contribution in [3.63, 3.8) is 0 Å². The molecule has 0 saturated carbocycles. The molecule has 3 rings (SSSR count). The number of hydrogen-bond acceptors (Lipinski definition) is 5. The van der Waals surface area contributed by atoms with Crippen LogP contribution in [0.1, 0.15) is 12.8 Å². The van der Waals surface area contributed by atoms with Crippen LogP contribution in [0.25, 0.3) is 10.9 Å². The second-order valence-electron chi connectivity index (χ2n) is 4.81. The molecule has 0 atom stereocenters. The van der Waals surface area contributed by atoms with E-state index in [4.69, 9.17) is 4.74 Å². The fourth-order valence-corrected chi connectivity index (χ4v) is 2.49. The van der Waals surface area contributed by atoms with E-state index in [2.05, 4.69) is 10.3 Å². The fourth-order valence-electron chi connectivity index (χ4n) is 2.49. The van der Waals surface area contributed by atoms with E-state index in [-0.39, 0.29) is 16.7 Å². The van der Waals surface area contributed by atoms with Crippen molar-refractivity contribution < 1.29 is 9.66 Å². The summed E-state index contributed by atoms with van der Waals surface area (Å²) in [5.41, 5.74) is 0.617. The number of nitro groups is 1. The molecule has 0 unspecified atom stereocenters. The Kier molecular flexibility index (Phi) is 3.47. The fraction of sp³-hybridized carbons (Fsp3) is 0.357. The van der Waals surface area contributed by atoms with Gasteiger partial charge in [-0.25, -0.2) is 0 Å². The van der Waals surface area contributed by atoms with E-state index in [9.17, 15) is 10.1 Å². The average molecular weight is 273 g/mol. The number of piperidine rings is 1. The molecular weight excluding hydrogens is 258 g/mol. The van der Waals surface area contributed by atoms with Crippen molar-refractivity contribution in [3.05, 3.63) is 40.6 Å². The molecule has 2 heterocycles. The first kappa shape index (κ1) is 12.8. The van der Waals surface area contributed by atoms with E-state index >= 15 is 0 Å². The number of benzene rings is 1. The number of aromatic nitrogens is 1. The van der Waals surface area contributed by atoms with Crippen molar-refractivity contribution in [2.24, 2.45) is 0 Å². The van der Waals surface area contributed by atoms with Gasteiger partial charge in [0, 0.05) is 6.20 Å². The van der Waals surface area contributed by atoms with Crippen molar-refractivity contribution in [2.45, 2.75) is 18.9 Å². The molecule has 0 spiro atoms. The molecule has 1 fully saturated rings. The van der Waals surface area contributed by atoms with Gasteiger partial charge in [-0.3, -0.25) is 15.1 Å². The SMILES string of the molecule is O=[N+]([O-])c1c(OC2CCNCC2)ccc2ncccc12. The highest BCUT2D eigenvalue weighted by Gasteiger charge is 2.23. The predicted molar refractivity (Wildman–Crippen MR) is 74.9 cm³/mol. The molecule has 1 aromatic heterocycles. The van der Waals surface area contributed by atoms with Crippen molar-refractivity contribution in [2.75, 3.05) is 13.1 Å². The third-order valence-corrected chi connectivity index (χ3v) is 3.48. The largest absolute Gasteiger partial charge is 0.483 e. The molecule has 1 aromatic carbocycles. The van der Waals surface area contributed by atoms with Crippen molar-refractivity contribution >= 4 is 16.6 Å².